The maximum Gasteiger partial charge on any atom is 0.123 e. The molecule has 2 rings (SSSR count). The maximum atomic E-state index is 12.9. The van der Waals surface area contributed by atoms with Gasteiger partial charge in [-0.15, -0.1) is 11.8 Å². The zero-order valence-electron chi connectivity index (χ0n) is 11.4. The van der Waals surface area contributed by atoms with E-state index in [4.69, 9.17) is 0 Å². The summed E-state index contributed by atoms with van der Waals surface area (Å²) in [6.45, 7) is 2.96. The third-order valence-corrected chi connectivity index (χ3v) is 4.67. The predicted molar refractivity (Wildman–Crippen MR) is 84.4 cm³/mol. The van der Waals surface area contributed by atoms with Gasteiger partial charge in [-0.05, 0) is 46.7 Å². The number of hydrogen-bond donors (Lipinski definition) is 1. The quantitative estimate of drug-likeness (QED) is 0.798. The Morgan fingerprint density at radius 1 is 1.40 bits per heavy atom. The minimum atomic E-state index is -0.202. The van der Waals surface area contributed by atoms with Gasteiger partial charge in [0.1, 0.15) is 5.82 Å². The van der Waals surface area contributed by atoms with Gasteiger partial charge in [-0.25, -0.2) is 4.39 Å². The van der Waals surface area contributed by atoms with Crippen molar-refractivity contribution in [3.8, 4) is 0 Å². The number of nitrogens with zero attached hydrogens (tertiary/aromatic N) is 2. The summed E-state index contributed by atoms with van der Waals surface area (Å²) in [6.07, 6.45) is 1.81. The van der Waals surface area contributed by atoms with Gasteiger partial charge in [-0.3, -0.25) is 4.68 Å². The Hall–Kier alpha value is -0.850. The standard InChI is InChI=1S/C14H17BrFN3S/c1-3-17-13(14-12(15)8-18-19(14)2)9-20-11-6-4-10(16)5-7-11/h4-8,13,17H,3,9H2,1-2H3. The topological polar surface area (TPSA) is 29.9 Å². The molecular formula is C14H17BrFN3S. The van der Waals surface area contributed by atoms with Crippen molar-refractivity contribution in [2.45, 2.75) is 17.9 Å². The highest BCUT2D eigenvalue weighted by Crippen LogP contribution is 2.28. The van der Waals surface area contributed by atoms with Crippen LogP contribution in [0.25, 0.3) is 0 Å². The van der Waals surface area contributed by atoms with Crippen LogP contribution in [-0.4, -0.2) is 22.1 Å². The smallest absolute Gasteiger partial charge is 0.123 e. The van der Waals surface area contributed by atoms with Gasteiger partial charge in [0.05, 0.1) is 22.4 Å². The summed E-state index contributed by atoms with van der Waals surface area (Å²) >= 11 is 5.24. The molecule has 2 aromatic rings. The molecule has 1 aromatic carbocycles. The molecule has 0 amide bonds. The van der Waals surface area contributed by atoms with Crippen LogP contribution in [0.5, 0.6) is 0 Å². The molecule has 0 bridgehead atoms. The molecule has 108 valence electrons. The Bertz CT molecular complexity index is 537. The normalized spacial score (nSPS) is 12.6. The van der Waals surface area contributed by atoms with Crippen molar-refractivity contribution in [2.75, 3.05) is 12.3 Å². The first kappa shape index (κ1) is 15.5. The number of halogens is 2. The molecular weight excluding hydrogens is 341 g/mol. The SMILES string of the molecule is CCNC(CSc1ccc(F)cc1)c1c(Br)cnn1C. The van der Waals surface area contributed by atoms with Gasteiger partial charge in [-0.2, -0.15) is 5.10 Å². The van der Waals surface area contributed by atoms with E-state index in [0.717, 1.165) is 27.4 Å². The lowest BCUT2D eigenvalue weighted by Crippen LogP contribution is -2.25. The van der Waals surface area contributed by atoms with Crippen LogP contribution in [0.3, 0.4) is 0 Å². The van der Waals surface area contributed by atoms with Crippen LogP contribution >= 0.6 is 27.7 Å². The van der Waals surface area contributed by atoms with E-state index >= 15 is 0 Å². The average molecular weight is 358 g/mol. The highest BCUT2D eigenvalue weighted by atomic mass is 79.9. The van der Waals surface area contributed by atoms with Crippen molar-refractivity contribution in [1.29, 1.82) is 0 Å². The third-order valence-electron chi connectivity index (χ3n) is 2.95. The summed E-state index contributed by atoms with van der Waals surface area (Å²) in [5, 5.41) is 7.72. The molecule has 0 radical (unpaired) electrons. The highest BCUT2D eigenvalue weighted by Gasteiger charge is 2.18. The van der Waals surface area contributed by atoms with E-state index < -0.39 is 0 Å². The van der Waals surface area contributed by atoms with Crippen LogP contribution in [-0.2, 0) is 7.05 Å². The van der Waals surface area contributed by atoms with Crippen LogP contribution < -0.4 is 5.32 Å². The summed E-state index contributed by atoms with van der Waals surface area (Å²) in [7, 11) is 1.94. The van der Waals surface area contributed by atoms with Crippen molar-refractivity contribution in [3.05, 3.63) is 46.4 Å². The maximum absolute atomic E-state index is 12.9. The Kier molecular flexibility index (Phi) is 5.63. The van der Waals surface area contributed by atoms with Crippen molar-refractivity contribution in [2.24, 2.45) is 7.05 Å². The van der Waals surface area contributed by atoms with Crippen molar-refractivity contribution >= 4 is 27.7 Å². The lowest BCUT2D eigenvalue weighted by molar-refractivity contribution is 0.551. The van der Waals surface area contributed by atoms with Gasteiger partial charge < -0.3 is 5.32 Å². The second-order valence-corrected chi connectivity index (χ2v) is 6.32. The molecule has 0 fully saturated rings. The molecule has 20 heavy (non-hydrogen) atoms. The molecule has 0 aliphatic heterocycles. The summed E-state index contributed by atoms with van der Waals surface area (Å²) < 4.78 is 15.8. The largest absolute Gasteiger partial charge is 0.308 e. The van der Waals surface area contributed by atoms with Crippen molar-refractivity contribution < 1.29 is 4.39 Å². The van der Waals surface area contributed by atoms with Gasteiger partial charge in [0.25, 0.3) is 0 Å². The minimum Gasteiger partial charge on any atom is -0.308 e. The molecule has 1 atom stereocenters. The highest BCUT2D eigenvalue weighted by molar-refractivity contribution is 9.10. The zero-order chi connectivity index (χ0) is 14.5. The molecule has 0 aliphatic carbocycles. The Morgan fingerprint density at radius 3 is 2.65 bits per heavy atom. The predicted octanol–water partition coefficient (Wildman–Crippen LogP) is 3.76. The Balaban J connectivity index is 2.08. The van der Waals surface area contributed by atoms with E-state index in [2.05, 4.69) is 33.3 Å². The number of rotatable bonds is 6. The van der Waals surface area contributed by atoms with Crippen LogP contribution in [0.1, 0.15) is 18.7 Å². The average Bonchev–Trinajstić information content (AvgIpc) is 2.76. The number of nitrogens with one attached hydrogen (secondary N) is 1. The van der Waals surface area contributed by atoms with Crippen LogP contribution in [0.15, 0.2) is 39.8 Å². The zero-order valence-corrected chi connectivity index (χ0v) is 13.8. The fourth-order valence-electron chi connectivity index (χ4n) is 2.00. The van der Waals surface area contributed by atoms with Crippen LogP contribution in [0, 0.1) is 5.82 Å². The number of hydrogen-bond acceptors (Lipinski definition) is 3. The van der Waals surface area contributed by atoms with E-state index in [1.54, 1.807) is 23.9 Å². The van der Waals surface area contributed by atoms with E-state index in [1.165, 1.54) is 12.1 Å². The van der Waals surface area contributed by atoms with Gasteiger partial charge in [0.15, 0.2) is 0 Å². The summed E-state index contributed by atoms with van der Waals surface area (Å²) in [4.78, 5) is 1.06. The second-order valence-electron chi connectivity index (χ2n) is 4.38. The molecule has 0 saturated carbocycles. The number of aryl methyl sites for hydroxylation is 1. The first-order valence-corrected chi connectivity index (χ1v) is 8.18. The molecule has 1 heterocycles. The molecule has 1 N–H and O–H groups in total. The first-order chi connectivity index (χ1) is 9.61. The van der Waals surface area contributed by atoms with E-state index in [1.807, 2.05) is 17.9 Å². The summed E-state index contributed by atoms with van der Waals surface area (Å²) in [6, 6.07) is 6.79. The van der Waals surface area contributed by atoms with Crippen LogP contribution in [0.2, 0.25) is 0 Å². The molecule has 1 aromatic heterocycles. The van der Waals surface area contributed by atoms with E-state index in [-0.39, 0.29) is 11.9 Å². The fourth-order valence-corrected chi connectivity index (χ4v) is 3.59. The Morgan fingerprint density at radius 2 is 2.10 bits per heavy atom. The lowest BCUT2D eigenvalue weighted by atomic mass is 10.2. The van der Waals surface area contributed by atoms with Crippen molar-refractivity contribution in [1.82, 2.24) is 15.1 Å². The van der Waals surface area contributed by atoms with E-state index in [9.17, 15) is 4.39 Å². The minimum absolute atomic E-state index is 0.192. The molecule has 1 unspecified atom stereocenters. The fraction of sp³-hybridized carbons (Fsp3) is 0.357. The van der Waals surface area contributed by atoms with Crippen LogP contribution in [0.4, 0.5) is 4.39 Å². The lowest BCUT2D eigenvalue weighted by Gasteiger charge is -2.18. The van der Waals surface area contributed by atoms with Gasteiger partial charge in [0, 0.05) is 17.7 Å². The summed E-state index contributed by atoms with van der Waals surface area (Å²) in [5.74, 6) is 0.657. The van der Waals surface area contributed by atoms with E-state index in [0.29, 0.717) is 0 Å². The molecule has 0 saturated heterocycles. The second kappa shape index (κ2) is 7.24. The summed E-state index contributed by atoms with van der Waals surface area (Å²) in [5.41, 5.74) is 1.13. The monoisotopic (exact) mass is 357 g/mol. The Labute approximate surface area is 131 Å². The molecule has 0 spiro atoms. The van der Waals surface area contributed by atoms with Gasteiger partial charge in [-0.1, -0.05) is 6.92 Å². The van der Waals surface area contributed by atoms with Crippen molar-refractivity contribution in [3.63, 3.8) is 0 Å². The number of thioether (sulfide) groups is 1. The van der Waals surface area contributed by atoms with Gasteiger partial charge in [0.2, 0.25) is 0 Å². The third kappa shape index (κ3) is 3.84. The molecule has 0 aliphatic rings. The molecule has 6 heteroatoms. The molecule has 3 nitrogen and oxygen atoms in total. The number of aromatic nitrogens is 2. The first-order valence-electron chi connectivity index (χ1n) is 6.41. The van der Waals surface area contributed by atoms with Gasteiger partial charge >= 0.3 is 0 Å². The number of benzene rings is 1.